The largest absolute Gasteiger partial charge is 0.397 e. The molecule has 0 saturated carbocycles. The van der Waals surface area contributed by atoms with E-state index in [0.717, 1.165) is 28.9 Å². The molecule has 0 bridgehead atoms. The van der Waals surface area contributed by atoms with E-state index < -0.39 is 0 Å². The third-order valence-electron chi connectivity index (χ3n) is 3.76. The maximum absolute atomic E-state index is 6.21. The highest BCUT2D eigenvalue weighted by Crippen LogP contribution is 2.31. The van der Waals surface area contributed by atoms with Crippen LogP contribution in [0.3, 0.4) is 0 Å². The normalized spacial score (nSPS) is 20.3. The first-order valence-corrected chi connectivity index (χ1v) is 6.89. The summed E-state index contributed by atoms with van der Waals surface area (Å²) in [7, 11) is 4.26. The van der Waals surface area contributed by atoms with E-state index in [9.17, 15) is 0 Å². The standard InChI is InChI=1S/C14H22ClN3/c1-17-8-6-11(10-17)7-9-18(2)14-12(15)4-3-5-13(14)16/h3-5,11H,6-10,16H2,1-2H3. The van der Waals surface area contributed by atoms with Gasteiger partial charge in [0.15, 0.2) is 0 Å². The maximum Gasteiger partial charge on any atom is 0.0786 e. The van der Waals surface area contributed by atoms with E-state index in [1.807, 2.05) is 18.2 Å². The van der Waals surface area contributed by atoms with Gasteiger partial charge >= 0.3 is 0 Å². The van der Waals surface area contributed by atoms with Crippen LogP contribution >= 0.6 is 11.6 Å². The molecule has 1 saturated heterocycles. The molecule has 18 heavy (non-hydrogen) atoms. The van der Waals surface area contributed by atoms with E-state index in [4.69, 9.17) is 17.3 Å². The van der Waals surface area contributed by atoms with E-state index >= 15 is 0 Å². The Morgan fingerprint density at radius 2 is 2.28 bits per heavy atom. The molecule has 1 aliphatic heterocycles. The van der Waals surface area contributed by atoms with Crippen molar-refractivity contribution in [1.82, 2.24) is 4.90 Å². The van der Waals surface area contributed by atoms with Crippen LogP contribution in [0.4, 0.5) is 11.4 Å². The summed E-state index contributed by atoms with van der Waals surface area (Å²) in [6.45, 7) is 3.45. The summed E-state index contributed by atoms with van der Waals surface area (Å²) in [5, 5.41) is 0.737. The molecule has 1 atom stereocenters. The summed E-state index contributed by atoms with van der Waals surface area (Å²) in [6.07, 6.45) is 2.51. The van der Waals surface area contributed by atoms with Gasteiger partial charge in [0.2, 0.25) is 0 Å². The molecule has 1 aromatic carbocycles. The van der Waals surface area contributed by atoms with Crippen molar-refractivity contribution in [2.75, 3.05) is 44.4 Å². The van der Waals surface area contributed by atoms with Gasteiger partial charge in [0.25, 0.3) is 0 Å². The van der Waals surface area contributed by atoms with Crippen molar-refractivity contribution in [2.24, 2.45) is 5.92 Å². The quantitative estimate of drug-likeness (QED) is 0.852. The second kappa shape index (κ2) is 5.81. The molecule has 1 aromatic rings. The van der Waals surface area contributed by atoms with Crippen LogP contribution < -0.4 is 10.6 Å². The van der Waals surface area contributed by atoms with Gasteiger partial charge in [-0.15, -0.1) is 0 Å². The van der Waals surface area contributed by atoms with Crippen molar-refractivity contribution < 1.29 is 0 Å². The fraction of sp³-hybridized carbons (Fsp3) is 0.571. The van der Waals surface area contributed by atoms with Gasteiger partial charge in [0, 0.05) is 20.1 Å². The van der Waals surface area contributed by atoms with Crippen molar-refractivity contribution >= 4 is 23.0 Å². The van der Waals surface area contributed by atoms with E-state index in [0.29, 0.717) is 0 Å². The number of benzene rings is 1. The van der Waals surface area contributed by atoms with Crippen LogP contribution in [-0.4, -0.2) is 38.6 Å². The van der Waals surface area contributed by atoms with Crippen molar-refractivity contribution in [3.05, 3.63) is 23.2 Å². The molecule has 1 aliphatic rings. The summed E-state index contributed by atoms with van der Waals surface area (Å²) in [4.78, 5) is 4.57. The second-order valence-corrected chi connectivity index (χ2v) is 5.71. The van der Waals surface area contributed by atoms with Crippen molar-refractivity contribution in [3.63, 3.8) is 0 Å². The molecule has 0 aliphatic carbocycles. The summed E-state index contributed by atoms with van der Waals surface area (Å²) in [5.41, 5.74) is 7.72. The Bertz CT molecular complexity index is 388. The lowest BCUT2D eigenvalue weighted by Crippen LogP contribution is -2.23. The van der Waals surface area contributed by atoms with Crippen LogP contribution in [0.15, 0.2) is 18.2 Å². The molecular formula is C14H22ClN3. The smallest absolute Gasteiger partial charge is 0.0786 e. The molecule has 2 N–H and O–H groups in total. The molecule has 0 aromatic heterocycles. The van der Waals surface area contributed by atoms with Crippen LogP contribution in [0.5, 0.6) is 0 Å². The lowest BCUT2D eigenvalue weighted by molar-refractivity contribution is 0.389. The van der Waals surface area contributed by atoms with Crippen molar-refractivity contribution in [1.29, 1.82) is 0 Å². The molecule has 3 nitrogen and oxygen atoms in total. The van der Waals surface area contributed by atoms with Crippen LogP contribution in [0.1, 0.15) is 12.8 Å². The number of hydrogen-bond acceptors (Lipinski definition) is 3. The van der Waals surface area contributed by atoms with Gasteiger partial charge in [0.1, 0.15) is 0 Å². The van der Waals surface area contributed by atoms with E-state index in [1.54, 1.807) is 0 Å². The maximum atomic E-state index is 6.21. The molecule has 1 unspecified atom stereocenters. The molecule has 2 rings (SSSR count). The fourth-order valence-electron chi connectivity index (χ4n) is 2.68. The first-order valence-electron chi connectivity index (χ1n) is 6.51. The Balaban J connectivity index is 1.93. The third kappa shape index (κ3) is 3.09. The molecular weight excluding hydrogens is 246 g/mol. The van der Waals surface area contributed by atoms with Gasteiger partial charge in [-0.05, 0) is 44.5 Å². The number of rotatable bonds is 4. The topological polar surface area (TPSA) is 32.5 Å². The number of nitrogen functional groups attached to an aromatic ring is 1. The number of para-hydroxylation sites is 1. The van der Waals surface area contributed by atoms with Gasteiger partial charge < -0.3 is 15.5 Å². The summed E-state index contributed by atoms with van der Waals surface area (Å²) < 4.78 is 0. The molecule has 0 amide bonds. The SMILES string of the molecule is CN1CCC(CCN(C)c2c(N)cccc2Cl)C1. The predicted octanol–water partition coefficient (Wildman–Crippen LogP) is 2.70. The molecule has 1 heterocycles. The van der Waals surface area contributed by atoms with Gasteiger partial charge in [-0.2, -0.15) is 0 Å². The first kappa shape index (κ1) is 13.5. The number of nitrogens with zero attached hydrogens (tertiary/aromatic N) is 2. The van der Waals surface area contributed by atoms with E-state index in [-0.39, 0.29) is 0 Å². The van der Waals surface area contributed by atoms with E-state index in [2.05, 4.69) is 23.9 Å². The molecule has 0 spiro atoms. The fourth-order valence-corrected chi connectivity index (χ4v) is 3.01. The second-order valence-electron chi connectivity index (χ2n) is 5.30. The van der Waals surface area contributed by atoms with Gasteiger partial charge in [-0.1, -0.05) is 17.7 Å². The van der Waals surface area contributed by atoms with Crippen LogP contribution in [0, 0.1) is 5.92 Å². The number of halogens is 1. The van der Waals surface area contributed by atoms with Crippen molar-refractivity contribution in [3.8, 4) is 0 Å². The zero-order valence-corrected chi connectivity index (χ0v) is 12.0. The van der Waals surface area contributed by atoms with Gasteiger partial charge in [-0.25, -0.2) is 0 Å². The average Bonchev–Trinajstić information content (AvgIpc) is 2.72. The Labute approximate surface area is 115 Å². The average molecular weight is 268 g/mol. The Morgan fingerprint density at radius 1 is 1.50 bits per heavy atom. The third-order valence-corrected chi connectivity index (χ3v) is 4.07. The number of nitrogens with two attached hydrogens (primary N) is 1. The summed E-state index contributed by atoms with van der Waals surface area (Å²) >= 11 is 6.21. The molecule has 100 valence electrons. The predicted molar refractivity (Wildman–Crippen MR) is 79.4 cm³/mol. The summed E-state index contributed by atoms with van der Waals surface area (Å²) in [6, 6.07) is 5.69. The highest BCUT2D eigenvalue weighted by molar-refractivity contribution is 6.33. The Hall–Kier alpha value is -0.930. The zero-order valence-electron chi connectivity index (χ0n) is 11.2. The molecule has 1 fully saturated rings. The lowest BCUT2D eigenvalue weighted by atomic mass is 10.0. The highest BCUT2D eigenvalue weighted by Gasteiger charge is 2.20. The van der Waals surface area contributed by atoms with Crippen LogP contribution in [-0.2, 0) is 0 Å². The first-order chi connectivity index (χ1) is 8.58. The lowest BCUT2D eigenvalue weighted by Gasteiger charge is -2.23. The number of anilines is 2. The van der Waals surface area contributed by atoms with Crippen LogP contribution in [0.2, 0.25) is 5.02 Å². The highest BCUT2D eigenvalue weighted by atomic mass is 35.5. The zero-order chi connectivity index (χ0) is 13.1. The minimum Gasteiger partial charge on any atom is -0.397 e. The minimum atomic E-state index is 0.737. The molecule has 0 radical (unpaired) electrons. The van der Waals surface area contributed by atoms with Gasteiger partial charge in [-0.3, -0.25) is 0 Å². The number of hydrogen-bond donors (Lipinski definition) is 1. The number of likely N-dealkylation sites (tertiary alicyclic amines) is 1. The van der Waals surface area contributed by atoms with Gasteiger partial charge in [0.05, 0.1) is 16.4 Å². The summed E-state index contributed by atoms with van der Waals surface area (Å²) in [5.74, 6) is 0.807. The van der Waals surface area contributed by atoms with Crippen LogP contribution in [0.25, 0.3) is 0 Å². The Morgan fingerprint density at radius 3 is 2.89 bits per heavy atom. The minimum absolute atomic E-state index is 0.737. The van der Waals surface area contributed by atoms with Crippen molar-refractivity contribution in [2.45, 2.75) is 12.8 Å². The monoisotopic (exact) mass is 267 g/mol. The van der Waals surface area contributed by atoms with E-state index in [1.165, 1.54) is 25.9 Å². The molecule has 4 heteroatoms. The Kier molecular flexibility index (Phi) is 4.36.